The van der Waals surface area contributed by atoms with Crippen LogP contribution in [0.5, 0.6) is 11.5 Å². The normalized spacial score (nSPS) is 17.0. The Morgan fingerprint density at radius 1 is 1.22 bits per heavy atom. The Labute approximate surface area is 157 Å². The number of aliphatic hydroxyl groups excluding tert-OH is 1. The third-order valence-electron chi connectivity index (χ3n) is 4.90. The first kappa shape index (κ1) is 17.2. The lowest BCUT2D eigenvalue weighted by molar-refractivity contribution is 0.246. The highest BCUT2D eigenvalue weighted by atomic mass is 16.5. The van der Waals surface area contributed by atoms with E-state index in [0.717, 1.165) is 22.3 Å². The summed E-state index contributed by atoms with van der Waals surface area (Å²) >= 11 is 0. The van der Waals surface area contributed by atoms with Gasteiger partial charge in [0.1, 0.15) is 29.2 Å². The molecule has 27 heavy (non-hydrogen) atoms. The topological polar surface area (TPSA) is 96.6 Å². The first-order valence-electron chi connectivity index (χ1n) is 8.66. The van der Waals surface area contributed by atoms with Crippen molar-refractivity contribution in [1.29, 1.82) is 0 Å². The zero-order valence-electron chi connectivity index (χ0n) is 15.5. The average Bonchev–Trinajstić information content (AvgIpc) is 3.22. The van der Waals surface area contributed by atoms with Gasteiger partial charge in [0.25, 0.3) is 0 Å². The number of para-hydroxylation sites is 1. The van der Waals surface area contributed by atoms with Crippen LogP contribution < -0.4 is 20.1 Å². The summed E-state index contributed by atoms with van der Waals surface area (Å²) < 4.78 is 10.8. The van der Waals surface area contributed by atoms with Gasteiger partial charge in [-0.2, -0.15) is 0 Å². The smallest absolute Gasteiger partial charge is 0.142 e. The first-order valence-corrected chi connectivity index (χ1v) is 8.66. The SMILES string of the molecule is COc1ccc(OC)c(N2CC(O)C(c3nc4c(C)cccc4[nH]3)=C2N)c1. The summed E-state index contributed by atoms with van der Waals surface area (Å²) in [6.45, 7) is 2.31. The quantitative estimate of drug-likeness (QED) is 0.656. The van der Waals surface area contributed by atoms with Gasteiger partial charge in [0.2, 0.25) is 0 Å². The number of methoxy groups -OCH3 is 2. The fourth-order valence-corrected chi connectivity index (χ4v) is 3.50. The number of aliphatic hydroxyl groups is 1. The molecule has 0 spiro atoms. The minimum Gasteiger partial charge on any atom is -0.497 e. The highest BCUT2D eigenvalue weighted by molar-refractivity contribution is 5.85. The van der Waals surface area contributed by atoms with Crippen LogP contribution in [-0.4, -0.2) is 41.9 Å². The monoisotopic (exact) mass is 366 g/mol. The Balaban J connectivity index is 1.82. The van der Waals surface area contributed by atoms with E-state index in [4.69, 9.17) is 15.2 Å². The number of imidazole rings is 1. The van der Waals surface area contributed by atoms with Crippen LogP contribution in [0.25, 0.3) is 16.6 Å². The molecule has 7 nitrogen and oxygen atoms in total. The van der Waals surface area contributed by atoms with Gasteiger partial charge in [-0.25, -0.2) is 4.98 Å². The number of aromatic amines is 1. The fraction of sp³-hybridized carbons (Fsp3) is 0.250. The molecule has 0 fully saturated rings. The lowest BCUT2D eigenvalue weighted by Crippen LogP contribution is -2.27. The molecule has 0 saturated carbocycles. The predicted octanol–water partition coefficient (Wildman–Crippen LogP) is 2.40. The summed E-state index contributed by atoms with van der Waals surface area (Å²) in [4.78, 5) is 9.76. The van der Waals surface area contributed by atoms with Gasteiger partial charge in [-0.3, -0.25) is 0 Å². The molecule has 1 atom stereocenters. The van der Waals surface area contributed by atoms with Crippen molar-refractivity contribution in [3.63, 3.8) is 0 Å². The lowest BCUT2D eigenvalue weighted by atomic mass is 10.2. The Hall–Kier alpha value is -3.19. The van der Waals surface area contributed by atoms with Crippen molar-refractivity contribution in [3.8, 4) is 11.5 Å². The van der Waals surface area contributed by atoms with Crippen LogP contribution in [0.15, 0.2) is 42.2 Å². The third-order valence-corrected chi connectivity index (χ3v) is 4.90. The maximum atomic E-state index is 10.7. The van der Waals surface area contributed by atoms with E-state index in [1.165, 1.54) is 0 Å². The number of hydrogen-bond acceptors (Lipinski definition) is 6. The number of nitrogens with two attached hydrogens (primary N) is 1. The number of rotatable bonds is 4. The van der Waals surface area contributed by atoms with Crippen molar-refractivity contribution >= 4 is 22.3 Å². The molecule has 1 aromatic heterocycles. The van der Waals surface area contributed by atoms with Gasteiger partial charge in [-0.1, -0.05) is 12.1 Å². The van der Waals surface area contributed by atoms with Crippen LogP contribution >= 0.6 is 0 Å². The molecule has 140 valence electrons. The zero-order chi connectivity index (χ0) is 19.1. The second kappa shape index (κ2) is 6.51. The van der Waals surface area contributed by atoms with E-state index in [0.29, 0.717) is 35.3 Å². The minimum atomic E-state index is -0.776. The number of aromatic nitrogens is 2. The van der Waals surface area contributed by atoms with Crippen LogP contribution in [0.4, 0.5) is 5.69 Å². The largest absolute Gasteiger partial charge is 0.497 e. The summed E-state index contributed by atoms with van der Waals surface area (Å²) in [7, 11) is 3.20. The highest BCUT2D eigenvalue weighted by Gasteiger charge is 2.34. The zero-order valence-corrected chi connectivity index (χ0v) is 15.5. The minimum absolute atomic E-state index is 0.306. The highest BCUT2D eigenvalue weighted by Crippen LogP contribution is 2.39. The maximum absolute atomic E-state index is 10.7. The Bertz CT molecular complexity index is 1040. The van der Waals surface area contributed by atoms with E-state index >= 15 is 0 Å². The molecule has 4 rings (SSSR count). The molecule has 1 unspecified atom stereocenters. The second-order valence-electron chi connectivity index (χ2n) is 6.52. The van der Waals surface area contributed by atoms with Gasteiger partial charge >= 0.3 is 0 Å². The number of nitrogens with zero attached hydrogens (tertiary/aromatic N) is 2. The van der Waals surface area contributed by atoms with Gasteiger partial charge in [-0.15, -0.1) is 0 Å². The Morgan fingerprint density at radius 2 is 2.04 bits per heavy atom. The summed E-state index contributed by atoms with van der Waals surface area (Å²) in [6, 6.07) is 11.4. The molecule has 0 bridgehead atoms. The third kappa shape index (κ3) is 2.76. The van der Waals surface area contributed by atoms with Crippen LogP contribution in [0.2, 0.25) is 0 Å². The standard InChI is InChI=1S/C20H22N4O3/c1-11-5-4-6-13-18(11)23-20(22-13)17-15(25)10-24(19(17)21)14-9-12(26-2)7-8-16(14)27-3/h4-9,15,25H,10,21H2,1-3H3,(H,22,23). The number of fused-ring (bicyclic) bond motifs is 1. The molecular formula is C20H22N4O3. The van der Waals surface area contributed by atoms with Crippen LogP contribution in [-0.2, 0) is 0 Å². The van der Waals surface area contributed by atoms with E-state index < -0.39 is 6.10 Å². The number of hydrogen-bond donors (Lipinski definition) is 3. The van der Waals surface area contributed by atoms with E-state index in [9.17, 15) is 5.11 Å². The van der Waals surface area contributed by atoms with Crippen molar-refractivity contribution in [2.75, 3.05) is 25.7 Å². The molecule has 0 radical (unpaired) electrons. The fourth-order valence-electron chi connectivity index (χ4n) is 3.50. The summed E-state index contributed by atoms with van der Waals surface area (Å²) in [5.74, 6) is 2.34. The number of ether oxygens (including phenoxy) is 2. The van der Waals surface area contributed by atoms with Gasteiger partial charge in [0.15, 0.2) is 0 Å². The van der Waals surface area contributed by atoms with E-state index in [1.54, 1.807) is 14.2 Å². The van der Waals surface area contributed by atoms with Gasteiger partial charge < -0.3 is 30.2 Å². The molecule has 2 heterocycles. The van der Waals surface area contributed by atoms with E-state index in [-0.39, 0.29) is 0 Å². The van der Waals surface area contributed by atoms with Gasteiger partial charge in [0.05, 0.1) is 43.1 Å². The van der Waals surface area contributed by atoms with Crippen molar-refractivity contribution < 1.29 is 14.6 Å². The van der Waals surface area contributed by atoms with E-state index in [2.05, 4.69) is 9.97 Å². The number of anilines is 1. The summed E-state index contributed by atoms with van der Waals surface area (Å²) in [5.41, 5.74) is 10.6. The molecule has 7 heteroatoms. The number of benzene rings is 2. The second-order valence-corrected chi connectivity index (χ2v) is 6.52. The maximum Gasteiger partial charge on any atom is 0.142 e. The van der Waals surface area contributed by atoms with Crippen LogP contribution in [0, 0.1) is 6.92 Å². The first-order chi connectivity index (χ1) is 13.0. The van der Waals surface area contributed by atoms with Crippen molar-refractivity contribution in [2.24, 2.45) is 5.73 Å². The number of aryl methyl sites for hydroxylation is 1. The number of β-amino-alcohol motifs (C(OH)–C–C–N with tert-alkyl or cyclic N) is 1. The molecule has 2 aromatic carbocycles. The molecule has 0 saturated heterocycles. The van der Waals surface area contributed by atoms with Gasteiger partial charge in [0, 0.05) is 6.07 Å². The molecular weight excluding hydrogens is 344 g/mol. The average molecular weight is 366 g/mol. The van der Waals surface area contributed by atoms with Crippen LogP contribution in [0.1, 0.15) is 11.4 Å². The molecule has 0 amide bonds. The van der Waals surface area contributed by atoms with Crippen molar-refractivity contribution in [3.05, 3.63) is 53.6 Å². The Morgan fingerprint density at radius 3 is 2.74 bits per heavy atom. The molecule has 1 aliphatic heterocycles. The van der Waals surface area contributed by atoms with E-state index in [1.807, 2.05) is 48.2 Å². The molecule has 4 N–H and O–H groups in total. The predicted molar refractivity (Wildman–Crippen MR) is 105 cm³/mol. The van der Waals surface area contributed by atoms with Crippen LogP contribution in [0.3, 0.4) is 0 Å². The summed E-state index contributed by atoms with van der Waals surface area (Å²) in [5, 5.41) is 10.7. The molecule has 0 aliphatic carbocycles. The number of H-pyrrole nitrogens is 1. The lowest BCUT2D eigenvalue weighted by Gasteiger charge is -2.22. The molecule has 1 aliphatic rings. The Kier molecular flexibility index (Phi) is 4.16. The number of nitrogens with one attached hydrogen (secondary N) is 1. The van der Waals surface area contributed by atoms with Crippen molar-refractivity contribution in [2.45, 2.75) is 13.0 Å². The molecule has 3 aromatic rings. The van der Waals surface area contributed by atoms with Crippen molar-refractivity contribution in [1.82, 2.24) is 9.97 Å². The summed E-state index contributed by atoms with van der Waals surface area (Å²) in [6.07, 6.45) is -0.776. The van der Waals surface area contributed by atoms with Gasteiger partial charge in [-0.05, 0) is 30.7 Å².